The van der Waals surface area contributed by atoms with E-state index in [2.05, 4.69) is 0 Å². The van der Waals surface area contributed by atoms with Crippen LogP contribution in [0.1, 0.15) is 11.1 Å². The summed E-state index contributed by atoms with van der Waals surface area (Å²) >= 11 is 0. The van der Waals surface area contributed by atoms with Gasteiger partial charge in [0.1, 0.15) is 11.5 Å². The predicted molar refractivity (Wildman–Crippen MR) is 82.8 cm³/mol. The van der Waals surface area contributed by atoms with Crippen molar-refractivity contribution >= 4 is 11.9 Å². The molecule has 0 amide bonds. The Morgan fingerprint density at radius 1 is 0.773 bits per heavy atom. The number of carbonyl (C=O) groups excluding carboxylic acids is 2. The largest absolute Gasteiger partial charge is 0.423 e. The number of esters is 2. The second-order valence-corrected chi connectivity index (χ2v) is 4.81. The lowest BCUT2D eigenvalue weighted by molar-refractivity contribution is -0.131. The van der Waals surface area contributed by atoms with E-state index in [4.69, 9.17) is 9.47 Å². The highest BCUT2D eigenvalue weighted by atomic mass is 16.5. The minimum atomic E-state index is -0.633. The lowest BCUT2D eigenvalue weighted by atomic mass is 10.2. The number of ether oxygens (including phenoxy) is 2. The molecule has 0 aliphatic rings. The van der Waals surface area contributed by atoms with E-state index in [1.807, 2.05) is 26.0 Å². The van der Waals surface area contributed by atoms with E-state index in [0.717, 1.165) is 23.3 Å². The highest BCUT2D eigenvalue weighted by Gasteiger charge is 2.04. The van der Waals surface area contributed by atoms with Crippen molar-refractivity contribution in [1.82, 2.24) is 0 Å². The molecule has 0 spiro atoms. The Morgan fingerprint density at radius 3 is 1.55 bits per heavy atom. The zero-order valence-corrected chi connectivity index (χ0v) is 12.4. The molecule has 0 atom stereocenters. The molecule has 0 aliphatic carbocycles. The Labute approximate surface area is 129 Å². The fourth-order valence-electron chi connectivity index (χ4n) is 1.79. The maximum Gasteiger partial charge on any atom is 0.336 e. The third-order valence-electron chi connectivity index (χ3n) is 2.77. The van der Waals surface area contributed by atoms with E-state index in [-0.39, 0.29) is 0 Å². The molecular weight excluding hydrogens is 280 g/mol. The number of aryl methyl sites for hydroxylation is 2. The van der Waals surface area contributed by atoms with Crippen LogP contribution in [0.3, 0.4) is 0 Å². The van der Waals surface area contributed by atoms with Crippen LogP contribution in [0.5, 0.6) is 11.5 Å². The molecule has 0 aliphatic heterocycles. The Balaban J connectivity index is 1.90. The Morgan fingerprint density at radius 2 is 1.18 bits per heavy atom. The highest BCUT2D eigenvalue weighted by Crippen LogP contribution is 2.13. The van der Waals surface area contributed by atoms with Crippen LogP contribution in [0.4, 0.5) is 0 Å². The summed E-state index contributed by atoms with van der Waals surface area (Å²) in [6, 6.07) is 14.2. The number of rotatable bonds is 4. The molecule has 0 saturated carbocycles. The van der Waals surface area contributed by atoms with Crippen molar-refractivity contribution in [2.75, 3.05) is 0 Å². The van der Waals surface area contributed by atoms with Crippen LogP contribution in [0.2, 0.25) is 0 Å². The number of carbonyl (C=O) groups is 2. The lowest BCUT2D eigenvalue weighted by Gasteiger charge is -2.03. The predicted octanol–water partition coefficient (Wildman–Crippen LogP) is 3.37. The molecular formula is C18H16O4. The van der Waals surface area contributed by atoms with E-state index in [1.165, 1.54) is 0 Å². The summed E-state index contributed by atoms with van der Waals surface area (Å²) in [6.07, 6.45) is 2.08. The first-order chi connectivity index (χ1) is 10.5. The van der Waals surface area contributed by atoms with E-state index >= 15 is 0 Å². The first kappa shape index (κ1) is 15.5. The SMILES string of the molecule is Cc1cccc(OC(=O)C=CC(=O)Oc2cccc(C)c2)c1. The molecule has 4 heteroatoms. The van der Waals surface area contributed by atoms with Crippen molar-refractivity contribution in [3.8, 4) is 11.5 Å². The molecule has 0 aromatic heterocycles. The van der Waals surface area contributed by atoms with Crippen molar-refractivity contribution in [3.63, 3.8) is 0 Å². The van der Waals surface area contributed by atoms with Crippen LogP contribution >= 0.6 is 0 Å². The summed E-state index contributed by atoms with van der Waals surface area (Å²) in [6.45, 7) is 3.79. The molecule has 22 heavy (non-hydrogen) atoms. The van der Waals surface area contributed by atoms with Gasteiger partial charge in [0.25, 0.3) is 0 Å². The van der Waals surface area contributed by atoms with Crippen molar-refractivity contribution in [2.24, 2.45) is 0 Å². The summed E-state index contributed by atoms with van der Waals surface area (Å²) in [5.41, 5.74) is 1.96. The summed E-state index contributed by atoms with van der Waals surface area (Å²) in [7, 11) is 0. The van der Waals surface area contributed by atoms with Gasteiger partial charge in [-0.15, -0.1) is 0 Å². The Bertz CT molecular complexity index is 655. The average molecular weight is 296 g/mol. The van der Waals surface area contributed by atoms with Crippen LogP contribution in [-0.2, 0) is 9.59 Å². The molecule has 0 bridgehead atoms. The molecule has 2 rings (SSSR count). The molecule has 0 saturated heterocycles. The fourth-order valence-corrected chi connectivity index (χ4v) is 1.79. The van der Waals surface area contributed by atoms with Crippen molar-refractivity contribution in [1.29, 1.82) is 0 Å². The average Bonchev–Trinajstić information content (AvgIpc) is 2.45. The third kappa shape index (κ3) is 4.90. The number of hydrogen-bond donors (Lipinski definition) is 0. The fraction of sp³-hybridized carbons (Fsp3) is 0.111. The van der Waals surface area contributed by atoms with Crippen LogP contribution in [0.15, 0.2) is 60.7 Å². The Kier molecular flexibility index (Phi) is 5.09. The number of benzene rings is 2. The van der Waals surface area contributed by atoms with Crippen molar-refractivity contribution in [2.45, 2.75) is 13.8 Å². The van der Waals surface area contributed by atoms with Gasteiger partial charge in [-0.05, 0) is 49.2 Å². The van der Waals surface area contributed by atoms with Crippen LogP contribution in [-0.4, -0.2) is 11.9 Å². The van der Waals surface area contributed by atoms with Gasteiger partial charge in [0.15, 0.2) is 0 Å². The van der Waals surface area contributed by atoms with Crippen molar-refractivity contribution < 1.29 is 19.1 Å². The van der Waals surface area contributed by atoms with Crippen LogP contribution in [0.25, 0.3) is 0 Å². The van der Waals surface area contributed by atoms with Gasteiger partial charge in [-0.25, -0.2) is 9.59 Å². The first-order valence-electron chi connectivity index (χ1n) is 6.78. The quantitative estimate of drug-likeness (QED) is 0.493. The van der Waals surface area contributed by atoms with Gasteiger partial charge in [-0.1, -0.05) is 24.3 Å². The summed E-state index contributed by atoms with van der Waals surface area (Å²) in [5, 5.41) is 0. The summed E-state index contributed by atoms with van der Waals surface area (Å²) in [4.78, 5) is 23.2. The minimum absolute atomic E-state index is 0.432. The van der Waals surface area contributed by atoms with Gasteiger partial charge in [0.05, 0.1) is 0 Å². The Hall–Kier alpha value is -2.88. The monoisotopic (exact) mass is 296 g/mol. The first-order valence-corrected chi connectivity index (χ1v) is 6.78. The second kappa shape index (κ2) is 7.22. The molecule has 0 heterocycles. The summed E-state index contributed by atoms with van der Waals surface area (Å²) in [5.74, 6) is -0.401. The standard InChI is InChI=1S/C18H16O4/c1-13-5-3-7-15(11-13)21-17(19)9-10-18(20)22-16-8-4-6-14(2)12-16/h3-12H,1-2H3. The van der Waals surface area contributed by atoms with Gasteiger partial charge >= 0.3 is 11.9 Å². The highest BCUT2D eigenvalue weighted by molar-refractivity contribution is 5.93. The molecule has 0 unspecified atom stereocenters. The van der Waals surface area contributed by atoms with Gasteiger partial charge in [0, 0.05) is 12.2 Å². The summed E-state index contributed by atoms with van der Waals surface area (Å²) < 4.78 is 10.2. The van der Waals surface area contributed by atoms with Gasteiger partial charge in [0.2, 0.25) is 0 Å². The van der Waals surface area contributed by atoms with E-state index < -0.39 is 11.9 Å². The lowest BCUT2D eigenvalue weighted by Crippen LogP contribution is -2.08. The molecule has 2 aromatic carbocycles. The number of hydrogen-bond acceptors (Lipinski definition) is 4. The minimum Gasteiger partial charge on any atom is -0.423 e. The normalized spacial score (nSPS) is 10.5. The van der Waals surface area contributed by atoms with Gasteiger partial charge in [-0.3, -0.25) is 0 Å². The van der Waals surface area contributed by atoms with Crippen molar-refractivity contribution in [3.05, 3.63) is 71.8 Å². The topological polar surface area (TPSA) is 52.6 Å². The van der Waals surface area contributed by atoms with E-state index in [0.29, 0.717) is 11.5 Å². The maximum atomic E-state index is 11.6. The molecule has 0 fully saturated rings. The third-order valence-corrected chi connectivity index (χ3v) is 2.77. The molecule has 0 N–H and O–H groups in total. The molecule has 2 aromatic rings. The van der Waals surface area contributed by atoms with Gasteiger partial charge < -0.3 is 9.47 Å². The molecule has 112 valence electrons. The van der Waals surface area contributed by atoms with Crippen LogP contribution < -0.4 is 9.47 Å². The molecule has 0 radical (unpaired) electrons. The van der Waals surface area contributed by atoms with E-state index in [1.54, 1.807) is 36.4 Å². The zero-order valence-electron chi connectivity index (χ0n) is 12.4. The second-order valence-electron chi connectivity index (χ2n) is 4.81. The van der Waals surface area contributed by atoms with E-state index in [9.17, 15) is 9.59 Å². The molecule has 4 nitrogen and oxygen atoms in total. The van der Waals surface area contributed by atoms with Crippen LogP contribution in [0, 0.1) is 13.8 Å². The smallest absolute Gasteiger partial charge is 0.336 e. The maximum absolute atomic E-state index is 11.6. The van der Waals surface area contributed by atoms with Gasteiger partial charge in [-0.2, -0.15) is 0 Å². The zero-order chi connectivity index (χ0) is 15.9.